The maximum absolute atomic E-state index is 10.8. The van der Waals surface area contributed by atoms with Gasteiger partial charge in [0.05, 0.1) is 17.2 Å². The summed E-state index contributed by atoms with van der Waals surface area (Å²) in [4.78, 5) is 12.4. The Bertz CT molecular complexity index is 747. The van der Waals surface area contributed by atoms with Gasteiger partial charge in [0.2, 0.25) is 0 Å². The van der Waals surface area contributed by atoms with Crippen LogP contribution in [-0.4, -0.2) is 42.8 Å². The van der Waals surface area contributed by atoms with Gasteiger partial charge < -0.3 is 20.0 Å². The maximum atomic E-state index is 10.8. The van der Waals surface area contributed by atoms with Crippen LogP contribution in [0.2, 0.25) is 0 Å². The molecule has 2 N–H and O–H groups in total. The maximum Gasteiger partial charge on any atom is 0.274 e. The zero-order valence-corrected chi connectivity index (χ0v) is 17.2. The van der Waals surface area contributed by atoms with Crippen molar-refractivity contribution >= 4 is 11.8 Å². The summed E-state index contributed by atoms with van der Waals surface area (Å²) in [6.45, 7) is 2.05. The standard InChI is InChI=1S/C20H28N4O3S/c1-23(2)14-18-8-9-19(27-18)16-28-13-12-22-20(15-24(25)26)21-11-10-17-6-4-3-5-7-17/h3-9,15,21-22H,10-14,16H2,1-2H3. The van der Waals surface area contributed by atoms with Gasteiger partial charge in [-0.15, -0.1) is 0 Å². The van der Waals surface area contributed by atoms with E-state index < -0.39 is 4.92 Å². The number of hydrogen-bond donors (Lipinski definition) is 2. The third kappa shape index (κ3) is 8.96. The topological polar surface area (TPSA) is 83.6 Å². The van der Waals surface area contributed by atoms with Crippen molar-refractivity contribution in [3.05, 3.63) is 81.7 Å². The fourth-order valence-corrected chi connectivity index (χ4v) is 3.32. The number of nitrogens with one attached hydrogen (secondary N) is 2. The van der Waals surface area contributed by atoms with Crippen LogP contribution in [0.1, 0.15) is 17.1 Å². The SMILES string of the molecule is CN(C)Cc1ccc(CSCCNC(=C[N+](=O)[O-])NCCc2ccccc2)o1. The summed E-state index contributed by atoms with van der Waals surface area (Å²) in [5.74, 6) is 3.94. The summed E-state index contributed by atoms with van der Waals surface area (Å²) in [7, 11) is 4.01. The molecule has 2 aromatic rings. The van der Waals surface area contributed by atoms with Crippen LogP contribution < -0.4 is 10.6 Å². The van der Waals surface area contributed by atoms with Gasteiger partial charge in [0.1, 0.15) is 11.5 Å². The zero-order valence-electron chi connectivity index (χ0n) is 16.4. The molecule has 0 bridgehead atoms. The molecule has 0 saturated heterocycles. The summed E-state index contributed by atoms with van der Waals surface area (Å²) in [5, 5.41) is 17.0. The number of nitro groups is 1. The molecule has 28 heavy (non-hydrogen) atoms. The molecule has 0 aliphatic carbocycles. The Kier molecular flexibility index (Phi) is 9.44. The highest BCUT2D eigenvalue weighted by atomic mass is 32.2. The van der Waals surface area contributed by atoms with E-state index >= 15 is 0 Å². The van der Waals surface area contributed by atoms with E-state index in [2.05, 4.69) is 15.5 Å². The molecule has 7 nitrogen and oxygen atoms in total. The molecule has 1 heterocycles. The fraction of sp³-hybridized carbons (Fsp3) is 0.400. The molecule has 0 aliphatic rings. The molecule has 0 saturated carbocycles. The van der Waals surface area contributed by atoms with Crippen LogP contribution in [0.3, 0.4) is 0 Å². The monoisotopic (exact) mass is 404 g/mol. The highest BCUT2D eigenvalue weighted by Crippen LogP contribution is 2.16. The lowest BCUT2D eigenvalue weighted by Gasteiger charge is -2.11. The van der Waals surface area contributed by atoms with E-state index in [9.17, 15) is 10.1 Å². The fourth-order valence-electron chi connectivity index (χ4n) is 2.57. The molecule has 152 valence electrons. The molecule has 0 fully saturated rings. The van der Waals surface area contributed by atoms with Gasteiger partial charge in [-0.05, 0) is 38.2 Å². The van der Waals surface area contributed by atoms with Crippen LogP contribution in [0.15, 0.2) is 58.9 Å². The van der Waals surface area contributed by atoms with Crippen molar-refractivity contribution in [1.29, 1.82) is 0 Å². The minimum absolute atomic E-state index is 0.438. The first-order valence-electron chi connectivity index (χ1n) is 9.20. The van der Waals surface area contributed by atoms with Crippen LogP contribution in [0.4, 0.5) is 0 Å². The number of hydrogen-bond acceptors (Lipinski definition) is 7. The molecule has 1 aromatic heterocycles. The molecule has 0 amide bonds. The van der Waals surface area contributed by atoms with Gasteiger partial charge in [0.25, 0.3) is 6.20 Å². The average Bonchev–Trinajstić information content (AvgIpc) is 3.08. The van der Waals surface area contributed by atoms with E-state index in [4.69, 9.17) is 4.42 Å². The minimum Gasteiger partial charge on any atom is -0.464 e. The Morgan fingerprint density at radius 3 is 2.57 bits per heavy atom. The number of thioether (sulfide) groups is 1. The summed E-state index contributed by atoms with van der Waals surface area (Å²) in [5.41, 5.74) is 1.19. The van der Waals surface area contributed by atoms with Gasteiger partial charge in [-0.3, -0.25) is 10.1 Å². The van der Waals surface area contributed by atoms with Crippen LogP contribution >= 0.6 is 11.8 Å². The highest BCUT2D eigenvalue weighted by Gasteiger charge is 2.05. The van der Waals surface area contributed by atoms with Crippen molar-refractivity contribution in [3.8, 4) is 0 Å². The second-order valence-electron chi connectivity index (χ2n) is 6.58. The second-order valence-corrected chi connectivity index (χ2v) is 7.68. The van der Waals surface area contributed by atoms with Crippen molar-refractivity contribution in [1.82, 2.24) is 15.5 Å². The summed E-state index contributed by atoms with van der Waals surface area (Å²) in [6.07, 6.45) is 1.79. The smallest absolute Gasteiger partial charge is 0.274 e. The van der Waals surface area contributed by atoms with E-state index in [1.54, 1.807) is 11.8 Å². The van der Waals surface area contributed by atoms with E-state index in [0.717, 1.165) is 42.2 Å². The highest BCUT2D eigenvalue weighted by molar-refractivity contribution is 7.98. The molecule has 2 rings (SSSR count). The Hall–Kier alpha value is -2.45. The average molecular weight is 405 g/mol. The molecule has 0 aliphatic heterocycles. The Labute approximate surface area is 170 Å². The van der Waals surface area contributed by atoms with Crippen molar-refractivity contribution in [2.75, 3.05) is 32.9 Å². The van der Waals surface area contributed by atoms with Gasteiger partial charge in [-0.1, -0.05) is 30.3 Å². The zero-order chi connectivity index (χ0) is 20.2. The first kappa shape index (κ1) is 21.8. The summed E-state index contributed by atoms with van der Waals surface area (Å²) < 4.78 is 5.77. The lowest BCUT2D eigenvalue weighted by Crippen LogP contribution is -2.30. The summed E-state index contributed by atoms with van der Waals surface area (Å²) in [6, 6.07) is 14.0. The second kappa shape index (κ2) is 12.1. The molecule has 0 atom stereocenters. The van der Waals surface area contributed by atoms with Gasteiger partial charge in [0, 0.05) is 18.8 Å². The lowest BCUT2D eigenvalue weighted by atomic mass is 10.1. The molecular formula is C20H28N4O3S. The predicted molar refractivity (Wildman–Crippen MR) is 113 cm³/mol. The largest absolute Gasteiger partial charge is 0.464 e. The van der Waals surface area contributed by atoms with Crippen LogP contribution in [0.25, 0.3) is 0 Å². The first-order chi connectivity index (χ1) is 13.5. The molecule has 0 spiro atoms. The molecule has 0 unspecified atom stereocenters. The van der Waals surface area contributed by atoms with Gasteiger partial charge in [0.15, 0.2) is 5.82 Å². The Balaban J connectivity index is 1.67. The van der Waals surface area contributed by atoms with E-state index in [1.165, 1.54) is 5.56 Å². The van der Waals surface area contributed by atoms with Gasteiger partial charge in [-0.25, -0.2) is 0 Å². The van der Waals surface area contributed by atoms with E-state index in [1.807, 2.05) is 56.6 Å². The van der Waals surface area contributed by atoms with Crippen LogP contribution in [-0.2, 0) is 18.7 Å². The first-order valence-corrected chi connectivity index (χ1v) is 10.4. The lowest BCUT2D eigenvalue weighted by molar-refractivity contribution is -0.404. The number of furan rings is 1. The minimum atomic E-state index is -0.444. The Morgan fingerprint density at radius 1 is 1.14 bits per heavy atom. The van der Waals surface area contributed by atoms with E-state index in [-0.39, 0.29) is 0 Å². The quantitative estimate of drug-likeness (QED) is 0.301. The Morgan fingerprint density at radius 2 is 1.86 bits per heavy atom. The third-order valence-electron chi connectivity index (χ3n) is 3.80. The van der Waals surface area contributed by atoms with Crippen molar-refractivity contribution in [2.24, 2.45) is 0 Å². The van der Waals surface area contributed by atoms with Gasteiger partial charge in [-0.2, -0.15) is 11.8 Å². The van der Waals surface area contributed by atoms with Crippen molar-refractivity contribution < 1.29 is 9.34 Å². The van der Waals surface area contributed by atoms with E-state index in [0.29, 0.717) is 18.9 Å². The summed E-state index contributed by atoms with van der Waals surface area (Å²) >= 11 is 1.73. The van der Waals surface area contributed by atoms with Crippen molar-refractivity contribution in [2.45, 2.75) is 18.7 Å². The van der Waals surface area contributed by atoms with Gasteiger partial charge >= 0.3 is 0 Å². The normalized spacial score (nSPS) is 11.6. The molecular weight excluding hydrogens is 376 g/mol. The molecule has 1 aromatic carbocycles. The van der Waals surface area contributed by atoms with Crippen LogP contribution in [0, 0.1) is 10.1 Å². The number of nitrogens with zero attached hydrogens (tertiary/aromatic N) is 2. The van der Waals surface area contributed by atoms with Crippen LogP contribution in [0.5, 0.6) is 0 Å². The van der Waals surface area contributed by atoms with Crippen molar-refractivity contribution in [3.63, 3.8) is 0 Å². The predicted octanol–water partition coefficient (Wildman–Crippen LogP) is 3.07. The third-order valence-corrected chi connectivity index (χ3v) is 4.78. The number of rotatable bonds is 13. The molecule has 8 heteroatoms. The molecule has 0 radical (unpaired) electrons. The number of benzene rings is 1.